The van der Waals surface area contributed by atoms with Crippen LogP contribution in [-0.2, 0) is 6.18 Å². The van der Waals surface area contributed by atoms with Crippen LogP contribution in [0.4, 0.5) is 18.9 Å². The second-order valence-electron chi connectivity index (χ2n) is 5.41. The van der Waals surface area contributed by atoms with E-state index in [4.69, 9.17) is 11.6 Å². The van der Waals surface area contributed by atoms with E-state index in [1.54, 1.807) is 42.5 Å². The molecule has 154 valence electrons. The number of benzene rings is 2. The summed E-state index contributed by atoms with van der Waals surface area (Å²) in [5.74, 6) is -0.367. The highest BCUT2D eigenvalue weighted by molar-refractivity contribution is 7.98. The van der Waals surface area contributed by atoms with Crippen molar-refractivity contribution in [2.24, 2.45) is 0 Å². The molecule has 1 aromatic heterocycles. The second-order valence-corrected chi connectivity index (χ2v) is 7.56. The summed E-state index contributed by atoms with van der Waals surface area (Å²) in [6, 6.07) is 11.6. The molecular formula is C20H18ClF3N2OS2. The second kappa shape index (κ2) is 10.1. The Balaban J connectivity index is 0.00000145. The Morgan fingerprint density at radius 2 is 1.79 bits per heavy atom. The molecule has 0 radical (unpaired) electrons. The maximum Gasteiger partial charge on any atom is 0.443 e. The summed E-state index contributed by atoms with van der Waals surface area (Å²) in [6.45, 7) is 4.00. The first-order chi connectivity index (χ1) is 13.8. The van der Waals surface area contributed by atoms with E-state index in [0.717, 1.165) is 4.90 Å². The van der Waals surface area contributed by atoms with Crippen LogP contribution in [0, 0.1) is 0 Å². The number of alkyl halides is 3. The van der Waals surface area contributed by atoms with Gasteiger partial charge in [0.05, 0.1) is 16.3 Å². The summed E-state index contributed by atoms with van der Waals surface area (Å²) < 4.78 is 38.0. The molecule has 3 rings (SSSR count). The molecule has 1 heterocycles. The number of nitrogens with zero attached hydrogens (tertiary/aromatic N) is 1. The first kappa shape index (κ1) is 23.3. The fourth-order valence-corrected chi connectivity index (χ4v) is 3.73. The van der Waals surface area contributed by atoms with E-state index in [-0.39, 0.29) is 11.6 Å². The standard InChI is InChI=1S/C18H12ClF3N2OS2.C2H6/c1-26-12-6-7-13(14(19)8-12)16(25)23-11-4-2-10(3-5-11)15-9-27-17(24-15)18(20,21)22;1-2/h2-9H,1H3,(H,23,25);1-2H3. The number of carbonyl (C=O) groups excluding carboxylic acids is 1. The molecule has 3 nitrogen and oxygen atoms in total. The maximum atomic E-state index is 12.7. The third kappa shape index (κ3) is 5.98. The fourth-order valence-electron chi connectivity index (χ4n) is 2.27. The average Bonchev–Trinajstić information content (AvgIpc) is 3.20. The van der Waals surface area contributed by atoms with Gasteiger partial charge in [0, 0.05) is 21.5 Å². The minimum absolute atomic E-state index is 0.237. The Labute approximate surface area is 180 Å². The molecule has 1 amide bonds. The summed E-state index contributed by atoms with van der Waals surface area (Å²) in [5.41, 5.74) is 1.61. The SMILES string of the molecule is CC.CSc1ccc(C(=O)Nc2ccc(-c3csc(C(F)(F)F)n3)cc2)c(Cl)c1. The van der Waals surface area contributed by atoms with Gasteiger partial charge in [0.25, 0.3) is 5.91 Å². The van der Waals surface area contributed by atoms with E-state index >= 15 is 0 Å². The van der Waals surface area contributed by atoms with Crippen molar-refractivity contribution in [1.82, 2.24) is 4.98 Å². The molecule has 0 bridgehead atoms. The van der Waals surface area contributed by atoms with Crippen LogP contribution in [0.5, 0.6) is 0 Å². The van der Waals surface area contributed by atoms with Crippen molar-refractivity contribution in [3.63, 3.8) is 0 Å². The zero-order chi connectivity index (χ0) is 21.6. The fraction of sp³-hybridized carbons (Fsp3) is 0.200. The van der Waals surface area contributed by atoms with Crippen LogP contribution in [0.3, 0.4) is 0 Å². The number of amides is 1. The lowest BCUT2D eigenvalue weighted by Crippen LogP contribution is -2.12. The first-order valence-electron chi connectivity index (χ1n) is 8.56. The van der Waals surface area contributed by atoms with Crippen molar-refractivity contribution in [3.8, 4) is 11.3 Å². The quantitative estimate of drug-likeness (QED) is 0.412. The van der Waals surface area contributed by atoms with Crippen LogP contribution in [0.25, 0.3) is 11.3 Å². The predicted octanol–water partition coefficient (Wildman–Crippen LogP) is 7.48. The Kier molecular flexibility index (Phi) is 8.13. The van der Waals surface area contributed by atoms with Gasteiger partial charge in [-0.3, -0.25) is 4.79 Å². The molecule has 1 N–H and O–H groups in total. The Morgan fingerprint density at radius 1 is 1.14 bits per heavy atom. The third-order valence-electron chi connectivity index (χ3n) is 3.61. The number of hydrogen-bond acceptors (Lipinski definition) is 4. The minimum Gasteiger partial charge on any atom is -0.322 e. The van der Waals surface area contributed by atoms with Gasteiger partial charge in [0.1, 0.15) is 0 Å². The molecule has 0 aliphatic rings. The van der Waals surface area contributed by atoms with Crippen molar-refractivity contribution in [2.45, 2.75) is 24.9 Å². The lowest BCUT2D eigenvalue weighted by molar-refractivity contribution is -0.137. The van der Waals surface area contributed by atoms with E-state index in [2.05, 4.69) is 10.3 Å². The lowest BCUT2D eigenvalue weighted by Gasteiger charge is -2.08. The van der Waals surface area contributed by atoms with Crippen LogP contribution < -0.4 is 5.32 Å². The molecule has 9 heteroatoms. The number of thioether (sulfide) groups is 1. The number of hydrogen-bond donors (Lipinski definition) is 1. The van der Waals surface area contributed by atoms with Gasteiger partial charge in [-0.25, -0.2) is 4.98 Å². The number of halogens is 4. The number of anilines is 1. The average molecular weight is 459 g/mol. The Morgan fingerprint density at radius 3 is 2.31 bits per heavy atom. The van der Waals surface area contributed by atoms with Gasteiger partial charge in [-0.1, -0.05) is 37.6 Å². The minimum atomic E-state index is -4.46. The zero-order valence-electron chi connectivity index (χ0n) is 15.8. The van der Waals surface area contributed by atoms with Crippen molar-refractivity contribution in [1.29, 1.82) is 0 Å². The van der Waals surface area contributed by atoms with E-state index in [1.807, 2.05) is 20.1 Å². The molecular weight excluding hydrogens is 441 g/mol. The smallest absolute Gasteiger partial charge is 0.322 e. The highest BCUT2D eigenvalue weighted by Crippen LogP contribution is 2.34. The van der Waals surface area contributed by atoms with Crippen molar-refractivity contribution in [2.75, 3.05) is 11.6 Å². The zero-order valence-corrected chi connectivity index (χ0v) is 18.2. The molecule has 0 atom stereocenters. The molecule has 2 aromatic carbocycles. The molecule has 0 aliphatic heterocycles. The van der Waals surface area contributed by atoms with Crippen molar-refractivity contribution >= 4 is 46.3 Å². The monoisotopic (exact) mass is 458 g/mol. The Bertz CT molecular complexity index is 973. The highest BCUT2D eigenvalue weighted by atomic mass is 35.5. The van der Waals surface area contributed by atoms with Gasteiger partial charge < -0.3 is 5.32 Å². The van der Waals surface area contributed by atoms with Crippen LogP contribution in [0.15, 0.2) is 52.7 Å². The molecule has 0 saturated heterocycles. The molecule has 0 aliphatic carbocycles. The Hall–Kier alpha value is -2.03. The number of aromatic nitrogens is 1. The number of nitrogens with one attached hydrogen (secondary N) is 1. The number of carbonyl (C=O) groups is 1. The molecule has 0 unspecified atom stereocenters. The van der Waals surface area contributed by atoms with Gasteiger partial charge in [-0.15, -0.1) is 23.1 Å². The molecule has 0 fully saturated rings. The van der Waals surface area contributed by atoms with Gasteiger partial charge in [-0.2, -0.15) is 13.2 Å². The van der Waals surface area contributed by atoms with Gasteiger partial charge in [-0.05, 0) is 36.6 Å². The van der Waals surface area contributed by atoms with Crippen LogP contribution in [0.2, 0.25) is 5.02 Å². The molecule has 3 aromatic rings. The highest BCUT2D eigenvalue weighted by Gasteiger charge is 2.34. The summed E-state index contributed by atoms with van der Waals surface area (Å²) in [6.07, 6.45) is -2.55. The third-order valence-corrected chi connectivity index (χ3v) is 5.53. The topological polar surface area (TPSA) is 42.0 Å². The summed E-state index contributed by atoms with van der Waals surface area (Å²) >= 11 is 8.20. The normalized spacial score (nSPS) is 10.9. The van der Waals surface area contributed by atoms with Gasteiger partial charge >= 0.3 is 6.18 Å². The van der Waals surface area contributed by atoms with Crippen molar-refractivity contribution in [3.05, 3.63) is 63.4 Å². The van der Waals surface area contributed by atoms with Gasteiger partial charge in [0.15, 0.2) is 5.01 Å². The van der Waals surface area contributed by atoms with E-state index in [9.17, 15) is 18.0 Å². The summed E-state index contributed by atoms with van der Waals surface area (Å²) in [5, 5.41) is 3.52. The molecule has 0 spiro atoms. The van der Waals surface area contributed by atoms with E-state index in [1.165, 1.54) is 17.1 Å². The first-order valence-corrected chi connectivity index (χ1v) is 11.0. The molecule has 29 heavy (non-hydrogen) atoms. The predicted molar refractivity (Wildman–Crippen MR) is 115 cm³/mol. The summed E-state index contributed by atoms with van der Waals surface area (Å²) in [4.78, 5) is 16.9. The number of thiazole rings is 1. The largest absolute Gasteiger partial charge is 0.443 e. The summed E-state index contributed by atoms with van der Waals surface area (Å²) in [7, 11) is 0. The van der Waals surface area contributed by atoms with E-state index in [0.29, 0.717) is 33.2 Å². The van der Waals surface area contributed by atoms with Crippen LogP contribution >= 0.6 is 34.7 Å². The maximum absolute atomic E-state index is 12.7. The van der Waals surface area contributed by atoms with Crippen LogP contribution in [0.1, 0.15) is 29.2 Å². The lowest BCUT2D eigenvalue weighted by atomic mass is 10.1. The molecule has 0 saturated carbocycles. The number of rotatable bonds is 4. The van der Waals surface area contributed by atoms with Crippen LogP contribution in [-0.4, -0.2) is 17.1 Å². The van der Waals surface area contributed by atoms with Gasteiger partial charge in [0.2, 0.25) is 0 Å². The van der Waals surface area contributed by atoms with Crippen molar-refractivity contribution < 1.29 is 18.0 Å². The van der Waals surface area contributed by atoms with E-state index < -0.39 is 11.2 Å².